The number of aliphatic imine (C=N–C) groups is 1. The zero-order chi connectivity index (χ0) is 17.6. The minimum atomic E-state index is -0.812. The molecule has 2 N–H and O–H groups in total. The third-order valence-electron chi connectivity index (χ3n) is 5.15. The third-order valence-corrected chi connectivity index (χ3v) is 7.65. The molecule has 0 spiro atoms. The van der Waals surface area contributed by atoms with Gasteiger partial charge in [0.05, 0.1) is 16.9 Å². The van der Waals surface area contributed by atoms with E-state index in [1.807, 2.05) is 0 Å². The highest BCUT2D eigenvalue weighted by atomic mass is 32.2. The summed E-state index contributed by atoms with van der Waals surface area (Å²) in [6.07, 6.45) is 10.6. The van der Waals surface area contributed by atoms with Gasteiger partial charge in [0.2, 0.25) is 0 Å². The minimum absolute atomic E-state index is 0.00562. The molecule has 25 heavy (non-hydrogen) atoms. The molecule has 1 heterocycles. The maximum atomic E-state index is 13.0. The highest BCUT2D eigenvalue weighted by Crippen LogP contribution is 2.32. The van der Waals surface area contributed by atoms with Crippen LogP contribution in [0.5, 0.6) is 0 Å². The van der Waals surface area contributed by atoms with Crippen LogP contribution in [-0.2, 0) is 4.79 Å². The highest BCUT2D eigenvalue weighted by Gasteiger charge is 2.34. The largest absolute Gasteiger partial charge is 0.481 e. The Kier molecular flexibility index (Phi) is 6.92. The molecule has 140 valence electrons. The van der Waals surface area contributed by atoms with E-state index in [1.54, 1.807) is 0 Å². The van der Waals surface area contributed by atoms with Crippen LogP contribution in [0.4, 0.5) is 4.79 Å². The first-order chi connectivity index (χ1) is 12.1. The van der Waals surface area contributed by atoms with Crippen LogP contribution >= 0.6 is 23.5 Å². The lowest BCUT2D eigenvalue weighted by atomic mass is 9.93. The van der Waals surface area contributed by atoms with Crippen LogP contribution in [0.15, 0.2) is 4.99 Å². The number of thioether (sulfide) groups is 2. The molecule has 8 heteroatoms. The molecule has 2 aliphatic carbocycles. The van der Waals surface area contributed by atoms with Crippen molar-refractivity contribution in [1.82, 2.24) is 10.2 Å². The molecule has 0 aromatic rings. The van der Waals surface area contributed by atoms with Gasteiger partial charge < -0.3 is 10.0 Å². The van der Waals surface area contributed by atoms with Gasteiger partial charge >= 0.3 is 12.0 Å². The first-order valence-corrected chi connectivity index (χ1v) is 11.2. The number of aliphatic carboxylic acids is 1. The first-order valence-electron chi connectivity index (χ1n) is 9.27. The minimum Gasteiger partial charge on any atom is -0.481 e. The number of carboxylic acid groups (broad SMARTS) is 1. The van der Waals surface area contributed by atoms with Crippen molar-refractivity contribution in [1.29, 1.82) is 0 Å². The van der Waals surface area contributed by atoms with Gasteiger partial charge in [-0.15, -0.1) is 11.8 Å². The molecule has 3 aliphatic rings. The number of carbonyl (C=O) groups excluding carboxylic acids is 1. The van der Waals surface area contributed by atoms with Crippen LogP contribution in [0.2, 0.25) is 0 Å². The lowest BCUT2D eigenvalue weighted by Gasteiger charge is -2.38. The van der Waals surface area contributed by atoms with Crippen LogP contribution in [0.25, 0.3) is 0 Å². The number of carbonyl (C=O) groups is 2. The monoisotopic (exact) mass is 385 g/mol. The fraction of sp³-hybridized carbons (Fsp3) is 0.824. The summed E-state index contributed by atoms with van der Waals surface area (Å²) >= 11 is 2.85. The lowest BCUT2D eigenvalue weighted by molar-refractivity contribution is -0.133. The second-order valence-corrected chi connectivity index (χ2v) is 9.65. The summed E-state index contributed by atoms with van der Waals surface area (Å²) in [5.74, 6) is -0.738. The van der Waals surface area contributed by atoms with Crippen molar-refractivity contribution in [2.75, 3.05) is 12.3 Å². The summed E-state index contributed by atoms with van der Waals surface area (Å²) < 4.78 is 0.0843. The number of urea groups is 1. The van der Waals surface area contributed by atoms with Crippen molar-refractivity contribution in [3.05, 3.63) is 0 Å². The predicted octanol–water partition coefficient (Wildman–Crippen LogP) is 3.52. The van der Waals surface area contributed by atoms with Gasteiger partial charge in [-0.25, -0.2) is 4.79 Å². The SMILES string of the molecule is O=C(O)CSC1CN=C(NC(=O)N(C2CCCCC2)C2CCCC2)S1. The number of amidine groups is 1. The molecule has 2 amide bonds. The Labute approximate surface area is 157 Å². The summed E-state index contributed by atoms with van der Waals surface area (Å²) in [6, 6.07) is 0.724. The molecular weight excluding hydrogens is 358 g/mol. The molecule has 6 nitrogen and oxygen atoms in total. The average Bonchev–Trinajstić information content (AvgIpc) is 3.26. The average molecular weight is 386 g/mol. The maximum Gasteiger partial charge on any atom is 0.323 e. The molecule has 0 aromatic heterocycles. The van der Waals surface area contributed by atoms with E-state index in [0.717, 1.165) is 25.7 Å². The van der Waals surface area contributed by atoms with Crippen LogP contribution in [-0.4, -0.2) is 56.1 Å². The number of hydrogen-bond acceptors (Lipinski definition) is 5. The summed E-state index contributed by atoms with van der Waals surface area (Å²) in [5.41, 5.74) is 0. The number of amides is 2. The smallest absolute Gasteiger partial charge is 0.323 e. The van der Waals surface area contributed by atoms with E-state index in [0.29, 0.717) is 23.8 Å². The van der Waals surface area contributed by atoms with E-state index >= 15 is 0 Å². The fourth-order valence-electron chi connectivity index (χ4n) is 4.00. The topological polar surface area (TPSA) is 82.0 Å². The summed E-state index contributed by atoms with van der Waals surface area (Å²) in [4.78, 5) is 30.2. The van der Waals surface area contributed by atoms with E-state index < -0.39 is 5.97 Å². The Morgan fingerprint density at radius 3 is 2.32 bits per heavy atom. The van der Waals surface area contributed by atoms with Crippen molar-refractivity contribution in [2.24, 2.45) is 4.99 Å². The molecule has 1 aliphatic heterocycles. The Balaban J connectivity index is 1.56. The van der Waals surface area contributed by atoms with Crippen LogP contribution in [0.3, 0.4) is 0 Å². The molecule has 0 radical (unpaired) electrons. The van der Waals surface area contributed by atoms with Gasteiger partial charge in [-0.3, -0.25) is 15.1 Å². The van der Waals surface area contributed by atoms with Crippen LogP contribution in [0, 0.1) is 0 Å². The zero-order valence-electron chi connectivity index (χ0n) is 14.5. The van der Waals surface area contributed by atoms with E-state index in [-0.39, 0.29) is 16.4 Å². The summed E-state index contributed by atoms with van der Waals surface area (Å²) in [7, 11) is 0. The number of rotatable bonds is 5. The van der Waals surface area contributed by atoms with Crippen molar-refractivity contribution in [3.63, 3.8) is 0 Å². The quantitative estimate of drug-likeness (QED) is 0.757. The van der Waals surface area contributed by atoms with E-state index in [4.69, 9.17) is 5.11 Å². The summed E-state index contributed by atoms with van der Waals surface area (Å²) in [5, 5.41) is 12.4. The molecule has 0 bridgehead atoms. The van der Waals surface area contributed by atoms with E-state index in [9.17, 15) is 9.59 Å². The standard InChI is InChI=1S/C17H27N3O3S2/c21-14(22)11-24-15-10-18-16(25-15)19-17(23)20(13-8-4-5-9-13)12-6-2-1-3-7-12/h12-13,15H,1-11H2,(H,21,22)(H,18,19,23). The van der Waals surface area contributed by atoms with Gasteiger partial charge in [0.15, 0.2) is 5.17 Å². The second kappa shape index (κ2) is 9.16. The van der Waals surface area contributed by atoms with Crippen molar-refractivity contribution >= 4 is 40.7 Å². The zero-order valence-corrected chi connectivity index (χ0v) is 16.1. The number of carboxylic acids is 1. The van der Waals surface area contributed by atoms with Gasteiger partial charge in [0.1, 0.15) is 0 Å². The normalized spacial score (nSPS) is 25.0. The molecule has 1 unspecified atom stereocenters. The van der Waals surface area contributed by atoms with Gasteiger partial charge in [-0.05, 0) is 25.7 Å². The Morgan fingerprint density at radius 1 is 1.12 bits per heavy atom. The molecule has 3 rings (SSSR count). The first kappa shape index (κ1) is 18.9. The summed E-state index contributed by atoms with van der Waals surface area (Å²) in [6.45, 7) is 0.561. The van der Waals surface area contributed by atoms with Crippen LogP contribution < -0.4 is 5.32 Å². The number of hydrogen-bond donors (Lipinski definition) is 2. The van der Waals surface area contributed by atoms with Crippen molar-refractivity contribution in [3.8, 4) is 0 Å². The van der Waals surface area contributed by atoms with Gasteiger partial charge in [0.25, 0.3) is 0 Å². The molecule has 2 saturated carbocycles. The number of nitrogens with one attached hydrogen (secondary N) is 1. The van der Waals surface area contributed by atoms with Crippen molar-refractivity contribution < 1.29 is 14.7 Å². The highest BCUT2D eigenvalue weighted by molar-refractivity contribution is 8.25. The van der Waals surface area contributed by atoms with Gasteiger partial charge in [-0.1, -0.05) is 43.9 Å². The van der Waals surface area contributed by atoms with Crippen LogP contribution in [0.1, 0.15) is 57.8 Å². The van der Waals surface area contributed by atoms with E-state index in [1.165, 1.54) is 55.6 Å². The molecule has 0 aromatic carbocycles. The Bertz CT molecular complexity index is 517. The lowest BCUT2D eigenvalue weighted by Crippen LogP contribution is -2.52. The maximum absolute atomic E-state index is 13.0. The molecule has 1 atom stereocenters. The predicted molar refractivity (Wildman–Crippen MR) is 103 cm³/mol. The van der Waals surface area contributed by atoms with E-state index in [2.05, 4.69) is 15.2 Å². The molecule has 2 fully saturated rings. The van der Waals surface area contributed by atoms with Crippen molar-refractivity contribution in [2.45, 2.75) is 74.5 Å². The Hall–Kier alpha value is -0.890. The number of nitrogens with zero attached hydrogens (tertiary/aromatic N) is 2. The second-order valence-electron chi connectivity index (χ2n) is 6.97. The molecular formula is C17H27N3O3S2. The van der Waals surface area contributed by atoms with Gasteiger partial charge in [0, 0.05) is 12.1 Å². The fourth-order valence-corrected chi connectivity index (χ4v) is 5.96. The van der Waals surface area contributed by atoms with Gasteiger partial charge in [-0.2, -0.15) is 0 Å². The molecule has 0 saturated heterocycles. The Morgan fingerprint density at radius 2 is 1.72 bits per heavy atom. The third kappa shape index (κ3) is 5.29.